The molecule has 2 aromatic heterocycles. The van der Waals surface area contributed by atoms with E-state index < -0.39 is 9.84 Å². The third kappa shape index (κ3) is 3.51. The first kappa shape index (κ1) is 15.7. The van der Waals surface area contributed by atoms with Crippen molar-refractivity contribution in [3.05, 3.63) is 22.2 Å². The topological polar surface area (TPSA) is 102 Å². The summed E-state index contributed by atoms with van der Waals surface area (Å²) < 4.78 is 22.1. The smallest absolute Gasteiger partial charge is 0.263 e. The standard InChI is InChI=1S/C13H17N3O3S2/c1-7-6-8(2)16-13-9(7)10(14)11(20-13)12(17)15-4-5-21(3,18)19/h6H,4-5,14H2,1-3H3,(H,15,17). The number of nitrogens with zero attached hydrogens (tertiary/aromatic N) is 1. The number of nitrogens with one attached hydrogen (secondary N) is 1. The molecule has 2 heterocycles. The maximum atomic E-state index is 12.1. The number of hydrogen-bond donors (Lipinski definition) is 2. The SMILES string of the molecule is Cc1cc(C)c2c(N)c(C(=O)NCCS(C)(=O)=O)sc2n1. The Morgan fingerprint density at radius 3 is 2.71 bits per heavy atom. The van der Waals surface area contributed by atoms with Crippen LogP contribution >= 0.6 is 11.3 Å². The Balaban J connectivity index is 2.28. The van der Waals surface area contributed by atoms with Crippen molar-refractivity contribution in [2.75, 3.05) is 24.3 Å². The summed E-state index contributed by atoms with van der Waals surface area (Å²) in [6.45, 7) is 3.87. The predicted molar refractivity (Wildman–Crippen MR) is 85.6 cm³/mol. The van der Waals surface area contributed by atoms with Crippen molar-refractivity contribution in [2.45, 2.75) is 13.8 Å². The van der Waals surface area contributed by atoms with Gasteiger partial charge in [0.25, 0.3) is 5.91 Å². The van der Waals surface area contributed by atoms with Crippen LogP contribution < -0.4 is 11.1 Å². The molecular weight excluding hydrogens is 310 g/mol. The molecule has 1 amide bonds. The lowest BCUT2D eigenvalue weighted by atomic mass is 10.1. The van der Waals surface area contributed by atoms with Gasteiger partial charge in [0.1, 0.15) is 19.5 Å². The monoisotopic (exact) mass is 327 g/mol. The molecule has 3 N–H and O–H groups in total. The fourth-order valence-electron chi connectivity index (χ4n) is 2.07. The number of fused-ring (bicyclic) bond motifs is 1. The third-order valence-electron chi connectivity index (χ3n) is 2.99. The highest BCUT2D eigenvalue weighted by Crippen LogP contribution is 2.34. The van der Waals surface area contributed by atoms with Crippen molar-refractivity contribution < 1.29 is 13.2 Å². The Kier molecular flexibility index (Phi) is 4.20. The number of rotatable bonds is 4. The summed E-state index contributed by atoms with van der Waals surface area (Å²) >= 11 is 1.22. The molecule has 0 spiro atoms. The molecule has 0 aliphatic carbocycles. The van der Waals surface area contributed by atoms with Gasteiger partial charge < -0.3 is 11.1 Å². The molecule has 6 nitrogen and oxygen atoms in total. The van der Waals surface area contributed by atoms with E-state index >= 15 is 0 Å². The van der Waals surface area contributed by atoms with Crippen molar-refractivity contribution in [3.8, 4) is 0 Å². The van der Waals surface area contributed by atoms with Crippen molar-refractivity contribution in [3.63, 3.8) is 0 Å². The number of aryl methyl sites for hydroxylation is 2. The Bertz CT molecular complexity index is 810. The Morgan fingerprint density at radius 2 is 2.10 bits per heavy atom. The minimum absolute atomic E-state index is 0.0663. The Labute approximate surface area is 127 Å². The molecule has 2 aromatic rings. The Morgan fingerprint density at radius 1 is 1.43 bits per heavy atom. The maximum Gasteiger partial charge on any atom is 0.263 e. The van der Waals surface area contributed by atoms with E-state index in [1.807, 2.05) is 19.9 Å². The van der Waals surface area contributed by atoms with Crippen LogP contribution in [0.5, 0.6) is 0 Å². The number of amides is 1. The van der Waals surface area contributed by atoms with Gasteiger partial charge in [0.05, 0.1) is 11.4 Å². The minimum atomic E-state index is -3.10. The number of hydrogen-bond acceptors (Lipinski definition) is 6. The van der Waals surface area contributed by atoms with E-state index in [2.05, 4.69) is 10.3 Å². The largest absolute Gasteiger partial charge is 0.397 e. The average molecular weight is 327 g/mol. The van der Waals surface area contributed by atoms with E-state index in [0.717, 1.165) is 27.7 Å². The zero-order valence-corrected chi connectivity index (χ0v) is 13.7. The highest BCUT2D eigenvalue weighted by Gasteiger charge is 2.18. The van der Waals surface area contributed by atoms with E-state index in [4.69, 9.17) is 5.73 Å². The van der Waals surface area contributed by atoms with E-state index in [-0.39, 0.29) is 18.2 Å². The van der Waals surface area contributed by atoms with Crippen molar-refractivity contribution in [1.82, 2.24) is 10.3 Å². The second-order valence-corrected chi connectivity index (χ2v) is 8.25. The lowest BCUT2D eigenvalue weighted by Gasteiger charge is -2.03. The fraction of sp³-hybridized carbons (Fsp3) is 0.385. The summed E-state index contributed by atoms with van der Waals surface area (Å²) in [5.41, 5.74) is 8.28. The van der Waals surface area contributed by atoms with E-state index in [0.29, 0.717) is 10.6 Å². The molecular formula is C13H17N3O3S2. The van der Waals surface area contributed by atoms with Crippen LogP contribution in [0.1, 0.15) is 20.9 Å². The molecule has 0 aliphatic heterocycles. The van der Waals surface area contributed by atoms with Crippen LogP contribution in [0, 0.1) is 13.8 Å². The van der Waals surface area contributed by atoms with E-state index in [9.17, 15) is 13.2 Å². The molecule has 114 valence electrons. The molecule has 21 heavy (non-hydrogen) atoms. The molecule has 0 aromatic carbocycles. The molecule has 0 atom stereocenters. The highest BCUT2D eigenvalue weighted by molar-refractivity contribution is 7.90. The predicted octanol–water partition coefficient (Wildman–Crippen LogP) is 1.27. The van der Waals surface area contributed by atoms with Crippen LogP contribution in [0.4, 0.5) is 5.69 Å². The molecule has 8 heteroatoms. The maximum absolute atomic E-state index is 12.1. The molecule has 0 radical (unpaired) electrons. The van der Waals surface area contributed by atoms with Gasteiger partial charge in [-0.2, -0.15) is 0 Å². The van der Waals surface area contributed by atoms with Gasteiger partial charge in [-0.25, -0.2) is 13.4 Å². The summed E-state index contributed by atoms with van der Waals surface area (Å²) in [4.78, 5) is 17.6. The van der Waals surface area contributed by atoms with Crippen LogP contribution in [0.15, 0.2) is 6.07 Å². The van der Waals surface area contributed by atoms with E-state index in [1.165, 1.54) is 11.3 Å². The number of carbonyl (C=O) groups excluding carboxylic acids is 1. The van der Waals surface area contributed by atoms with Gasteiger partial charge in [0.2, 0.25) is 0 Å². The average Bonchev–Trinajstić information content (AvgIpc) is 2.64. The molecule has 0 bridgehead atoms. The first-order valence-electron chi connectivity index (χ1n) is 6.31. The summed E-state index contributed by atoms with van der Waals surface area (Å²) in [5, 5.41) is 3.37. The molecule has 0 fully saturated rings. The van der Waals surface area contributed by atoms with Crippen molar-refractivity contribution >= 4 is 43.0 Å². The summed E-state index contributed by atoms with van der Waals surface area (Å²) in [7, 11) is -3.10. The number of carbonyl (C=O) groups is 1. The number of sulfone groups is 1. The van der Waals surface area contributed by atoms with Crippen LogP contribution in [-0.2, 0) is 9.84 Å². The molecule has 0 unspecified atom stereocenters. The molecule has 0 saturated carbocycles. The lowest BCUT2D eigenvalue weighted by Crippen LogP contribution is -2.28. The molecule has 2 rings (SSSR count). The molecule has 0 saturated heterocycles. The first-order valence-corrected chi connectivity index (χ1v) is 9.19. The van der Waals surface area contributed by atoms with Crippen LogP contribution in [0.2, 0.25) is 0 Å². The normalized spacial score (nSPS) is 11.8. The van der Waals surface area contributed by atoms with Gasteiger partial charge in [-0.3, -0.25) is 4.79 Å². The van der Waals surface area contributed by atoms with Gasteiger partial charge in [-0.05, 0) is 25.5 Å². The van der Waals surface area contributed by atoms with Crippen LogP contribution in [-0.4, -0.2) is 37.9 Å². The first-order chi connectivity index (χ1) is 9.69. The summed E-state index contributed by atoms with van der Waals surface area (Å²) in [6, 6.07) is 1.91. The number of thiophene rings is 1. The zero-order valence-electron chi connectivity index (χ0n) is 12.1. The van der Waals surface area contributed by atoms with Crippen molar-refractivity contribution in [2.24, 2.45) is 0 Å². The van der Waals surface area contributed by atoms with Crippen molar-refractivity contribution in [1.29, 1.82) is 0 Å². The van der Waals surface area contributed by atoms with Gasteiger partial charge in [-0.1, -0.05) is 0 Å². The zero-order chi connectivity index (χ0) is 15.8. The molecule has 0 aliphatic rings. The summed E-state index contributed by atoms with van der Waals surface area (Å²) in [5.74, 6) is -0.462. The summed E-state index contributed by atoms with van der Waals surface area (Å²) in [6.07, 6.45) is 1.13. The van der Waals surface area contributed by atoms with Crippen LogP contribution in [0.25, 0.3) is 10.2 Å². The number of nitrogen functional groups attached to an aromatic ring is 1. The minimum Gasteiger partial charge on any atom is -0.397 e. The fourth-order valence-corrected chi connectivity index (χ4v) is 3.67. The lowest BCUT2D eigenvalue weighted by molar-refractivity contribution is 0.0961. The van der Waals surface area contributed by atoms with Gasteiger partial charge in [0, 0.05) is 23.9 Å². The third-order valence-corrected chi connectivity index (χ3v) is 5.03. The number of anilines is 1. The second-order valence-electron chi connectivity index (χ2n) is 4.99. The van der Waals surface area contributed by atoms with Gasteiger partial charge >= 0.3 is 0 Å². The van der Waals surface area contributed by atoms with Crippen LogP contribution in [0.3, 0.4) is 0 Å². The quantitative estimate of drug-likeness (QED) is 0.880. The highest BCUT2D eigenvalue weighted by atomic mass is 32.2. The van der Waals surface area contributed by atoms with Gasteiger partial charge in [0.15, 0.2) is 0 Å². The Hall–Kier alpha value is -1.67. The number of nitrogens with two attached hydrogens (primary N) is 1. The number of aromatic nitrogens is 1. The second kappa shape index (κ2) is 5.61. The van der Waals surface area contributed by atoms with Gasteiger partial charge in [-0.15, -0.1) is 11.3 Å². The van der Waals surface area contributed by atoms with E-state index in [1.54, 1.807) is 0 Å². The number of pyridine rings is 1.